The molecule has 2 aromatic carbocycles. The Hall–Kier alpha value is -3.57. The Balaban J connectivity index is 1.47. The first kappa shape index (κ1) is 23.6. The summed E-state index contributed by atoms with van der Waals surface area (Å²) in [5.41, 5.74) is 1.19. The molecule has 0 spiro atoms. The third kappa shape index (κ3) is 5.49. The van der Waals surface area contributed by atoms with Crippen molar-refractivity contribution in [2.24, 2.45) is 0 Å². The van der Waals surface area contributed by atoms with Gasteiger partial charge in [0.15, 0.2) is 11.5 Å². The van der Waals surface area contributed by atoms with Crippen LogP contribution in [0.2, 0.25) is 0 Å². The number of ether oxygens (including phenoxy) is 3. The van der Waals surface area contributed by atoms with Crippen LogP contribution in [-0.2, 0) is 14.8 Å². The zero-order valence-corrected chi connectivity index (χ0v) is 20.1. The summed E-state index contributed by atoms with van der Waals surface area (Å²) in [4.78, 5) is 11.2. The van der Waals surface area contributed by atoms with Gasteiger partial charge in [-0.15, -0.1) is 0 Å². The Labute approximate surface area is 198 Å². The second-order valence-corrected chi connectivity index (χ2v) is 9.27. The maximum atomic E-state index is 12.8. The Bertz CT molecular complexity index is 1250. The van der Waals surface area contributed by atoms with Crippen LogP contribution in [0, 0.1) is 6.92 Å². The van der Waals surface area contributed by atoms with Crippen LogP contribution < -0.4 is 24.4 Å². The SMILES string of the molecule is COc1ccc(S(=O)(=O)Nc2ccc(Nc3cc(N4CCOCC4)nc(C)n3)cc2)cc1OC. The first-order chi connectivity index (χ1) is 16.4. The number of nitrogens with zero attached hydrogens (tertiary/aromatic N) is 3. The van der Waals surface area contributed by atoms with E-state index in [4.69, 9.17) is 14.2 Å². The van der Waals surface area contributed by atoms with Crippen LogP contribution in [0.15, 0.2) is 53.4 Å². The highest BCUT2D eigenvalue weighted by Crippen LogP contribution is 2.30. The van der Waals surface area contributed by atoms with Gasteiger partial charge in [-0.3, -0.25) is 4.72 Å². The lowest BCUT2D eigenvalue weighted by atomic mass is 10.3. The number of aromatic nitrogens is 2. The van der Waals surface area contributed by atoms with Gasteiger partial charge >= 0.3 is 0 Å². The molecule has 34 heavy (non-hydrogen) atoms. The van der Waals surface area contributed by atoms with Crippen molar-refractivity contribution in [3.8, 4) is 11.5 Å². The molecule has 0 radical (unpaired) electrons. The number of aryl methyl sites for hydroxylation is 1. The highest BCUT2D eigenvalue weighted by molar-refractivity contribution is 7.92. The van der Waals surface area contributed by atoms with E-state index in [0.717, 1.165) is 24.6 Å². The monoisotopic (exact) mass is 485 g/mol. The third-order valence-electron chi connectivity index (χ3n) is 5.23. The molecule has 0 saturated carbocycles. The van der Waals surface area contributed by atoms with Gasteiger partial charge in [-0.2, -0.15) is 0 Å². The molecular formula is C23H27N5O5S. The maximum absolute atomic E-state index is 12.8. The summed E-state index contributed by atoms with van der Waals surface area (Å²) in [7, 11) is -0.862. The van der Waals surface area contributed by atoms with Crippen LogP contribution >= 0.6 is 0 Å². The molecule has 0 bridgehead atoms. The first-order valence-electron chi connectivity index (χ1n) is 10.7. The van der Waals surface area contributed by atoms with Gasteiger partial charge in [0.1, 0.15) is 17.5 Å². The van der Waals surface area contributed by atoms with Crippen LogP contribution in [0.4, 0.5) is 23.0 Å². The van der Waals surface area contributed by atoms with Crippen LogP contribution in [0.1, 0.15) is 5.82 Å². The van der Waals surface area contributed by atoms with E-state index in [1.54, 1.807) is 30.3 Å². The second-order valence-electron chi connectivity index (χ2n) is 7.58. The average Bonchev–Trinajstić information content (AvgIpc) is 2.85. The van der Waals surface area contributed by atoms with Crippen molar-refractivity contribution in [1.82, 2.24) is 9.97 Å². The summed E-state index contributed by atoms with van der Waals surface area (Å²) in [5.74, 6) is 2.95. The number of hydrogen-bond acceptors (Lipinski definition) is 9. The fourth-order valence-electron chi connectivity index (χ4n) is 3.54. The summed E-state index contributed by atoms with van der Waals surface area (Å²) >= 11 is 0. The average molecular weight is 486 g/mol. The van der Waals surface area contributed by atoms with Crippen molar-refractivity contribution in [3.05, 3.63) is 54.4 Å². The van der Waals surface area contributed by atoms with Crippen molar-refractivity contribution in [3.63, 3.8) is 0 Å². The first-order valence-corrected chi connectivity index (χ1v) is 12.2. The molecule has 0 amide bonds. The molecule has 0 unspecified atom stereocenters. The lowest BCUT2D eigenvalue weighted by Crippen LogP contribution is -2.36. The smallest absolute Gasteiger partial charge is 0.262 e. The molecule has 1 aliphatic heterocycles. The van der Waals surface area contributed by atoms with Crippen molar-refractivity contribution < 1.29 is 22.6 Å². The van der Waals surface area contributed by atoms with E-state index in [2.05, 4.69) is 24.9 Å². The summed E-state index contributed by atoms with van der Waals surface area (Å²) < 4.78 is 44.0. The maximum Gasteiger partial charge on any atom is 0.262 e. The normalized spacial score (nSPS) is 13.9. The van der Waals surface area contributed by atoms with Gasteiger partial charge in [0.05, 0.1) is 32.3 Å². The Kier molecular flexibility index (Phi) is 7.03. The zero-order valence-electron chi connectivity index (χ0n) is 19.2. The standard InChI is InChI=1S/C23H27N5O5S/c1-16-24-22(15-23(25-16)28-10-12-33-13-11-28)26-17-4-6-18(7-5-17)27-34(29,30)19-8-9-20(31-2)21(14-19)32-3/h4-9,14-15,27H,10-13H2,1-3H3,(H,24,25,26). The molecule has 2 heterocycles. The summed E-state index contributed by atoms with van der Waals surface area (Å²) in [6.45, 7) is 4.76. The Morgan fingerprint density at radius 1 is 0.912 bits per heavy atom. The number of morpholine rings is 1. The number of rotatable bonds is 8. The number of nitrogens with one attached hydrogen (secondary N) is 2. The molecule has 1 saturated heterocycles. The van der Waals surface area contributed by atoms with E-state index >= 15 is 0 Å². The van der Waals surface area contributed by atoms with Gasteiger partial charge in [-0.25, -0.2) is 18.4 Å². The van der Waals surface area contributed by atoms with Gasteiger partial charge in [-0.1, -0.05) is 0 Å². The molecule has 4 rings (SSSR count). The molecule has 2 N–H and O–H groups in total. The van der Waals surface area contributed by atoms with Crippen LogP contribution in [0.5, 0.6) is 11.5 Å². The third-order valence-corrected chi connectivity index (χ3v) is 6.61. The number of anilines is 4. The van der Waals surface area contributed by atoms with E-state index in [0.29, 0.717) is 42.0 Å². The van der Waals surface area contributed by atoms with Gasteiger partial charge in [0.25, 0.3) is 10.0 Å². The van der Waals surface area contributed by atoms with Crippen LogP contribution in [0.3, 0.4) is 0 Å². The second kappa shape index (κ2) is 10.1. The largest absolute Gasteiger partial charge is 0.493 e. The lowest BCUT2D eigenvalue weighted by molar-refractivity contribution is 0.122. The molecule has 11 heteroatoms. The number of sulfonamides is 1. The van der Waals surface area contributed by atoms with E-state index < -0.39 is 10.0 Å². The van der Waals surface area contributed by atoms with Crippen molar-refractivity contribution in [1.29, 1.82) is 0 Å². The Morgan fingerprint density at radius 3 is 2.26 bits per heavy atom. The van der Waals surface area contributed by atoms with Crippen molar-refractivity contribution in [2.45, 2.75) is 11.8 Å². The quantitative estimate of drug-likeness (QED) is 0.496. The number of methoxy groups -OCH3 is 2. The van der Waals surface area contributed by atoms with Gasteiger partial charge < -0.3 is 24.4 Å². The molecule has 180 valence electrons. The van der Waals surface area contributed by atoms with E-state index in [-0.39, 0.29) is 4.90 Å². The molecule has 3 aromatic rings. The fourth-order valence-corrected chi connectivity index (χ4v) is 4.61. The molecule has 10 nitrogen and oxygen atoms in total. The summed E-state index contributed by atoms with van der Waals surface area (Å²) in [6.07, 6.45) is 0. The number of benzene rings is 2. The van der Waals surface area contributed by atoms with Crippen LogP contribution in [0.25, 0.3) is 0 Å². The topological polar surface area (TPSA) is 115 Å². The summed E-state index contributed by atoms with van der Waals surface area (Å²) in [5, 5.41) is 3.26. The van der Waals surface area contributed by atoms with Crippen LogP contribution in [-0.4, -0.2) is 58.9 Å². The minimum absolute atomic E-state index is 0.0689. The highest BCUT2D eigenvalue weighted by Gasteiger charge is 2.18. The molecule has 0 atom stereocenters. The predicted octanol–water partition coefficient (Wildman–Crippen LogP) is 3.18. The van der Waals surface area contributed by atoms with Crippen molar-refractivity contribution in [2.75, 3.05) is 55.5 Å². The van der Waals surface area contributed by atoms with E-state index in [1.165, 1.54) is 26.4 Å². The minimum atomic E-state index is -3.81. The molecule has 1 aliphatic rings. The lowest BCUT2D eigenvalue weighted by Gasteiger charge is -2.28. The highest BCUT2D eigenvalue weighted by atomic mass is 32.2. The van der Waals surface area contributed by atoms with Gasteiger partial charge in [0, 0.05) is 36.6 Å². The fraction of sp³-hybridized carbons (Fsp3) is 0.304. The molecular weight excluding hydrogens is 458 g/mol. The minimum Gasteiger partial charge on any atom is -0.493 e. The molecule has 0 aliphatic carbocycles. The van der Waals surface area contributed by atoms with E-state index in [9.17, 15) is 8.42 Å². The van der Waals surface area contributed by atoms with Crippen molar-refractivity contribution >= 4 is 33.0 Å². The summed E-state index contributed by atoms with van der Waals surface area (Å²) in [6, 6.07) is 13.2. The number of hydrogen-bond donors (Lipinski definition) is 2. The molecule has 1 fully saturated rings. The Morgan fingerprint density at radius 2 is 1.59 bits per heavy atom. The predicted molar refractivity (Wildman–Crippen MR) is 130 cm³/mol. The van der Waals surface area contributed by atoms with Gasteiger partial charge in [0.2, 0.25) is 0 Å². The van der Waals surface area contributed by atoms with Gasteiger partial charge in [-0.05, 0) is 43.3 Å². The van der Waals surface area contributed by atoms with E-state index in [1.807, 2.05) is 13.0 Å². The molecule has 1 aromatic heterocycles. The zero-order chi connectivity index (χ0) is 24.1.